The Kier molecular flexibility index (Phi) is 43.5. The Hall–Kier alpha value is -1.79. The zero-order valence-corrected chi connectivity index (χ0v) is 47.3. The Labute approximate surface area is 455 Å². The molecule has 0 aromatic carbocycles. The van der Waals surface area contributed by atoms with Crippen LogP contribution in [0.2, 0.25) is 0 Å². The van der Waals surface area contributed by atoms with E-state index in [9.17, 15) is 45.6 Å². The van der Waals surface area contributed by atoms with Crippen LogP contribution in [0.4, 0.5) is 0 Å². The summed E-state index contributed by atoms with van der Waals surface area (Å²) in [5.41, 5.74) is 0. The van der Waals surface area contributed by atoms with Gasteiger partial charge in [0.1, 0.15) is 48.8 Å². The first-order valence-electron chi connectivity index (χ1n) is 30.7. The van der Waals surface area contributed by atoms with Gasteiger partial charge in [-0.1, -0.05) is 230 Å². The molecular formula is C61H113NO13. The van der Waals surface area contributed by atoms with Crippen LogP contribution in [-0.4, -0.2) is 140 Å². The van der Waals surface area contributed by atoms with Crippen LogP contribution in [0.1, 0.15) is 251 Å². The first-order valence-corrected chi connectivity index (χ1v) is 30.7. The molecule has 14 heteroatoms. The maximum absolute atomic E-state index is 13.3. The van der Waals surface area contributed by atoms with E-state index in [-0.39, 0.29) is 18.9 Å². The Morgan fingerprint density at radius 1 is 0.480 bits per heavy atom. The molecule has 0 aliphatic carbocycles. The van der Waals surface area contributed by atoms with Gasteiger partial charge in [-0.3, -0.25) is 4.79 Å². The van der Waals surface area contributed by atoms with Gasteiger partial charge in [-0.15, -0.1) is 0 Å². The molecule has 2 saturated heterocycles. The Morgan fingerprint density at radius 2 is 0.880 bits per heavy atom. The number of ether oxygens (including phenoxy) is 4. The van der Waals surface area contributed by atoms with Crippen molar-refractivity contribution in [2.24, 2.45) is 0 Å². The summed E-state index contributed by atoms with van der Waals surface area (Å²) < 4.78 is 22.8. The van der Waals surface area contributed by atoms with E-state index in [0.717, 1.165) is 57.8 Å². The average Bonchev–Trinajstić information content (AvgIpc) is 3.41. The molecule has 2 aliphatic rings. The minimum absolute atomic E-state index is 0.246. The van der Waals surface area contributed by atoms with Gasteiger partial charge in [0.2, 0.25) is 5.91 Å². The highest BCUT2D eigenvalue weighted by Crippen LogP contribution is 2.30. The van der Waals surface area contributed by atoms with Crippen LogP contribution in [-0.2, 0) is 23.7 Å². The molecule has 2 fully saturated rings. The van der Waals surface area contributed by atoms with Gasteiger partial charge in [-0.2, -0.15) is 0 Å². The maximum Gasteiger partial charge on any atom is 0.220 e. The Balaban J connectivity index is 1.75. The fourth-order valence-electron chi connectivity index (χ4n) is 10.1. The second-order valence-electron chi connectivity index (χ2n) is 21.8. The summed E-state index contributed by atoms with van der Waals surface area (Å²) in [5, 5.41) is 87.1. The largest absolute Gasteiger partial charge is 0.394 e. The molecule has 14 nitrogen and oxygen atoms in total. The number of aliphatic hydroxyl groups excluding tert-OH is 8. The summed E-state index contributed by atoms with van der Waals surface area (Å²) in [5.74, 6) is -0.246. The van der Waals surface area contributed by atoms with Gasteiger partial charge in [0.25, 0.3) is 0 Å². The molecule has 0 aromatic rings. The minimum Gasteiger partial charge on any atom is -0.394 e. The van der Waals surface area contributed by atoms with Crippen LogP contribution >= 0.6 is 0 Å². The summed E-state index contributed by atoms with van der Waals surface area (Å²) in [6.45, 7) is 2.79. The lowest BCUT2D eigenvalue weighted by molar-refractivity contribution is -0.359. The number of amides is 1. The van der Waals surface area contributed by atoms with E-state index in [1.807, 2.05) is 6.08 Å². The summed E-state index contributed by atoms with van der Waals surface area (Å²) in [6.07, 6.45) is 40.4. The number of allylic oxidation sites excluding steroid dienone is 5. The summed E-state index contributed by atoms with van der Waals surface area (Å²) >= 11 is 0. The number of hydrogen-bond acceptors (Lipinski definition) is 13. The minimum atomic E-state index is -1.79. The quantitative estimate of drug-likeness (QED) is 0.0204. The summed E-state index contributed by atoms with van der Waals surface area (Å²) in [6, 6.07) is -0.919. The molecule has 0 saturated carbocycles. The Morgan fingerprint density at radius 3 is 1.36 bits per heavy atom. The van der Waals surface area contributed by atoms with Crippen molar-refractivity contribution < 1.29 is 64.6 Å². The third-order valence-corrected chi connectivity index (χ3v) is 15.1. The molecule has 2 rings (SSSR count). The van der Waals surface area contributed by atoms with Crippen LogP contribution in [0.15, 0.2) is 36.5 Å². The topological polar surface area (TPSA) is 228 Å². The fourth-order valence-corrected chi connectivity index (χ4v) is 10.1. The van der Waals surface area contributed by atoms with Crippen LogP contribution in [0, 0.1) is 0 Å². The number of carbonyl (C=O) groups excluding carboxylic acids is 1. The van der Waals surface area contributed by atoms with E-state index < -0.39 is 86.8 Å². The van der Waals surface area contributed by atoms with E-state index in [1.54, 1.807) is 6.08 Å². The number of nitrogens with one attached hydrogen (secondary N) is 1. The number of aliphatic hydroxyl groups is 8. The van der Waals surface area contributed by atoms with Crippen LogP contribution in [0.25, 0.3) is 0 Å². The van der Waals surface area contributed by atoms with Crippen LogP contribution in [0.3, 0.4) is 0 Å². The number of carbonyl (C=O) groups is 1. The predicted octanol–water partition coefficient (Wildman–Crippen LogP) is 10.6. The SMILES string of the molecule is CCCCC/C=C\C/C=C\CCCCCCCCCC(=O)NC(COC1OC(CO)C(OC2OC(CO)C(O)C(O)C2O)C(O)C1O)C(O)/C=C/CCCCCCCCCCCCCCCCCCCCCCCC. The number of rotatable bonds is 49. The van der Waals surface area contributed by atoms with E-state index in [0.29, 0.717) is 6.42 Å². The molecule has 440 valence electrons. The van der Waals surface area contributed by atoms with Gasteiger partial charge in [0, 0.05) is 6.42 Å². The van der Waals surface area contributed by atoms with E-state index in [2.05, 4.69) is 43.5 Å². The van der Waals surface area contributed by atoms with Crippen molar-refractivity contribution in [3.63, 3.8) is 0 Å². The van der Waals surface area contributed by atoms with Gasteiger partial charge >= 0.3 is 0 Å². The number of hydrogen-bond donors (Lipinski definition) is 9. The molecular weight excluding hydrogens is 955 g/mol. The first kappa shape index (κ1) is 69.3. The zero-order valence-electron chi connectivity index (χ0n) is 47.3. The molecule has 12 unspecified atom stereocenters. The third-order valence-electron chi connectivity index (χ3n) is 15.1. The molecule has 0 radical (unpaired) electrons. The smallest absolute Gasteiger partial charge is 0.220 e. The van der Waals surface area contributed by atoms with Crippen LogP contribution < -0.4 is 5.32 Å². The highest BCUT2D eigenvalue weighted by Gasteiger charge is 2.51. The molecule has 0 bridgehead atoms. The van der Waals surface area contributed by atoms with E-state index >= 15 is 0 Å². The van der Waals surface area contributed by atoms with Crippen molar-refractivity contribution in [3.8, 4) is 0 Å². The summed E-state index contributed by atoms with van der Waals surface area (Å²) in [7, 11) is 0. The highest BCUT2D eigenvalue weighted by atomic mass is 16.7. The molecule has 2 heterocycles. The van der Waals surface area contributed by atoms with Crippen molar-refractivity contribution >= 4 is 5.91 Å². The molecule has 0 spiro atoms. The van der Waals surface area contributed by atoms with E-state index in [1.165, 1.54) is 167 Å². The normalized spacial score (nSPS) is 25.3. The molecule has 1 amide bonds. The summed E-state index contributed by atoms with van der Waals surface area (Å²) in [4.78, 5) is 13.3. The van der Waals surface area contributed by atoms with Crippen molar-refractivity contribution in [1.82, 2.24) is 5.32 Å². The Bertz CT molecular complexity index is 1400. The van der Waals surface area contributed by atoms with Gasteiger partial charge in [0.05, 0.1) is 32.0 Å². The maximum atomic E-state index is 13.3. The van der Waals surface area contributed by atoms with Gasteiger partial charge in [-0.05, 0) is 51.4 Å². The molecule has 9 N–H and O–H groups in total. The van der Waals surface area contributed by atoms with Crippen LogP contribution in [0.5, 0.6) is 0 Å². The van der Waals surface area contributed by atoms with Gasteiger partial charge in [-0.25, -0.2) is 0 Å². The van der Waals surface area contributed by atoms with Gasteiger partial charge < -0.3 is 65.1 Å². The van der Waals surface area contributed by atoms with Crippen molar-refractivity contribution in [1.29, 1.82) is 0 Å². The standard InChI is InChI=1S/C61H113NO13/c1-3-5-7-9-11-13-15-17-19-21-22-23-24-25-26-27-29-30-32-34-36-38-40-42-44-50(65)49(62-53(66)45-43-41-39-37-35-33-31-28-20-18-16-14-12-10-8-6-4-2)48-72-60-58(71)56(69)59(52(47-64)74-60)75-61-57(70)55(68)54(67)51(46-63)73-61/h12,14,18,20,42,44,49-52,54-61,63-65,67-71H,3-11,13,15-17,19,21-41,43,45-48H2,1-2H3,(H,62,66)/b14-12-,20-18-,44-42+. The molecule has 12 atom stereocenters. The zero-order chi connectivity index (χ0) is 54.6. The van der Waals surface area contributed by atoms with Crippen molar-refractivity contribution in [2.45, 2.75) is 325 Å². The van der Waals surface area contributed by atoms with Crippen molar-refractivity contribution in [2.75, 3.05) is 19.8 Å². The molecule has 0 aromatic heterocycles. The monoisotopic (exact) mass is 1070 g/mol. The average molecular weight is 1070 g/mol. The van der Waals surface area contributed by atoms with E-state index in [4.69, 9.17) is 18.9 Å². The van der Waals surface area contributed by atoms with Gasteiger partial charge in [0.15, 0.2) is 12.6 Å². The molecule has 75 heavy (non-hydrogen) atoms. The fraction of sp³-hybridized carbons (Fsp3) is 0.885. The predicted molar refractivity (Wildman–Crippen MR) is 300 cm³/mol. The lowest BCUT2D eigenvalue weighted by Crippen LogP contribution is -2.65. The second kappa shape index (κ2) is 47.1. The lowest BCUT2D eigenvalue weighted by Gasteiger charge is -2.46. The molecule has 2 aliphatic heterocycles. The number of unbranched alkanes of at least 4 members (excludes halogenated alkanes) is 32. The second-order valence-corrected chi connectivity index (χ2v) is 21.8. The highest BCUT2D eigenvalue weighted by molar-refractivity contribution is 5.76. The lowest BCUT2D eigenvalue weighted by atomic mass is 9.97. The van der Waals surface area contributed by atoms with Crippen molar-refractivity contribution in [3.05, 3.63) is 36.5 Å². The third kappa shape index (κ3) is 32.8. The first-order chi connectivity index (χ1) is 36.6.